The Labute approximate surface area is 185 Å². The molecule has 2 saturated heterocycles. The monoisotopic (exact) mass is 428 g/mol. The Morgan fingerprint density at radius 1 is 1.00 bits per heavy atom. The molecule has 2 aliphatic heterocycles. The van der Waals surface area contributed by atoms with Crippen molar-refractivity contribution in [2.45, 2.75) is 91.2 Å². The number of rotatable bonds is 0. The standard InChI is InChI=1S/C26H36O5/c1-13-11-25-14(2)9-17-18(22(17,3)4)16(19(25)27)10-15-12-28-23(5,6)30-21(15)26(25)20(13)29-24(7,8)31-26/h10-11,14,16-18,20-21H,9,12H2,1-8H3/t14-,16?,17-,18+,20+,21-,25?,26-/m1/s1. The van der Waals surface area contributed by atoms with E-state index in [9.17, 15) is 4.79 Å². The van der Waals surface area contributed by atoms with Gasteiger partial charge in [0.1, 0.15) is 17.8 Å². The molecule has 5 heteroatoms. The first kappa shape index (κ1) is 20.6. The SMILES string of the molecule is CC1=CC23C(=O)C(C=C4COC(C)(C)O[C@H]4[C@@]24OC(C)(C)O[C@@H]14)[C@H]1[C@@H](C[C@H]3C)C1(C)C. The number of hydrogen-bond acceptors (Lipinski definition) is 5. The molecule has 0 N–H and O–H groups in total. The van der Waals surface area contributed by atoms with E-state index in [-0.39, 0.29) is 29.5 Å². The molecule has 0 amide bonds. The Bertz CT molecular complexity index is 941. The van der Waals surface area contributed by atoms with Gasteiger partial charge in [0.2, 0.25) is 0 Å². The van der Waals surface area contributed by atoms with E-state index in [0.29, 0.717) is 24.2 Å². The van der Waals surface area contributed by atoms with E-state index in [4.69, 9.17) is 18.9 Å². The second kappa shape index (κ2) is 5.55. The first-order valence-corrected chi connectivity index (χ1v) is 11.9. The zero-order valence-corrected chi connectivity index (χ0v) is 20.1. The van der Waals surface area contributed by atoms with Crippen molar-refractivity contribution in [3.63, 3.8) is 0 Å². The van der Waals surface area contributed by atoms with Crippen LogP contribution in [0.1, 0.15) is 61.8 Å². The van der Waals surface area contributed by atoms with Crippen LogP contribution >= 0.6 is 0 Å². The summed E-state index contributed by atoms with van der Waals surface area (Å²) < 4.78 is 26.2. The molecule has 6 aliphatic rings. The van der Waals surface area contributed by atoms with Gasteiger partial charge in [-0.25, -0.2) is 0 Å². The topological polar surface area (TPSA) is 54.0 Å². The molecule has 170 valence electrons. The van der Waals surface area contributed by atoms with Crippen LogP contribution in [-0.2, 0) is 23.7 Å². The molecule has 8 atom stereocenters. The summed E-state index contributed by atoms with van der Waals surface area (Å²) in [5, 5.41) is 0. The first-order chi connectivity index (χ1) is 14.3. The number of fused-ring (bicyclic) bond motifs is 4. The minimum Gasteiger partial charge on any atom is -0.346 e. The van der Waals surface area contributed by atoms with Crippen LogP contribution in [0, 0.1) is 34.5 Å². The smallest absolute Gasteiger partial charge is 0.164 e. The van der Waals surface area contributed by atoms with Gasteiger partial charge in [0.25, 0.3) is 0 Å². The molecule has 0 aromatic carbocycles. The average Bonchev–Trinajstić information content (AvgIpc) is 2.97. The van der Waals surface area contributed by atoms with Gasteiger partial charge in [0, 0.05) is 5.92 Å². The van der Waals surface area contributed by atoms with E-state index >= 15 is 0 Å². The van der Waals surface area contributed by atoms with E-state index in [1.807, 2.05) is 27.7 Å². The lowest BCUT2D eigenvalue weighted by Crippen LogP contribution is -2.67. The zero-order chi connectivity index (χ0) is 22.4. The van der Waals surface area contributed by atoms with Gasteiger partial charge >= 0.3 is 0 Å². The fourth-order valence-corrected chi connectivity index (χ4v) is 8.17. The third-order valence-electron chi connectivity index (χ3n) is 9.45. The second-order valence-corrected chi connectivity index (χ2v) is 12.5. The minimum atomic E-state index is -0.903. The van der Waals surface area contributed by atoms with Crippen LogP contribution in [0.15, 0.2) is 23.3 Å². The quantitative estimate of drug-likeness (QED) is 0.535. The van der Waals surface area contributed by atoms with Crippen molar-refractivity contribution in [3.05, 3.63) is 23.3 Å². The molecule has 2 bridgehead atoms. The van der Waals surface area contributed by atoms with Gasteiger partial charge < -0.3 is 18.9 Å². The average molecular weight is 429 g/mol. The molecule has 31 heavy (non-hydrogen) atoms. The molecule has 2 unspecified atom stereocenters. The maximum Gasteiger partial charge on any atom is 0.164 e. The summed E-state index contributed by atoms with van der Waals surface area (Å²) in [6.45, 7) is 17.3. The first-order valence-electron chi connectivity index (χ1n) is 11.9. The molecule has 0 radical (unpaired) electrons. The van der Waals surface area contributed by atoms with Crippen molar-refractivity contribution in [2.24, 2.45) is 34.5 Å². The highest BCUT2D eigenvalue weighted by Crippen LogP contribution is 2.73. The Morgan fingerprint density at radius 3 is 2.39 bits per heavy atom. The maximum absolute atomic E-state index is 14.7. The second-order valence-electron chi connectivity index (χ2n) is 12.5. The summed E-state index contributed by atoms with van der Waals surface area (Å²) in [5.74, 6) is -0.335. The fraction of sp³-hybridized carbons (Fsp3) is 0.808. The van der Waals surface area contributed by atoms with Crippen LogP contribution in [0.5, 0.6) is 0 Å². The van der Waals surface area contributed by atoms with Crippen LogP contribution < -0.4 is 0 Å². The lowest BCUT2D eigenvalue weighted by atomic mass is 9.58. The Kier molecular flexibility index (Phi) is 3.68. The molecular weight excluding hydrogens is 392 g/mol. The highest BCUT2D eigenvalue weighted by Gasteiger charge is 2.80. The van der Waals surface area contributed by atoms with Crippen molar-refractivity contribution in [1.29, 1.82) is 0 Å². The Hall–Kier alpha value is -1.01. The number of hydrogen-bond donors (Lipinski definition) is 0. The summed E-state index contributed by atoms with van der Waals surface area (Å²) in [5.41, 5.74) is 0.650. The number of carbonyl (C=O) groups excluding carboxylic acids is 1. The zero-order valence-electron chi connectivity index (χ0n) is 20.1. The van der Waals surface area contributed by atoms with E-state index in [1.54, 1.807) is 0 Å². The van der Waals surface area contributed by atoms with Gasteiger partial charge in [0.05, 0.1) is 12.0 Å². The third-order valence-corrected chi connectivity index (χ3v) is 9.45. The number of carbonyl (C=O) groups is 1. The van der Waals surface area contributed by atoms with Gasteiger partial charge in [0.15, 0.2) is 17.4 Å². The molecule has 2 saturated carbocycles. The van der Waals surface area contributed by atoms with Crippen molar-refractivity contribution < 1.29 is 23.7 Å². The number of Topliss-reactive ketones (excluding diaryl/α,β-unsaturated/α-hetero) is 1. The third kappa shape index (κ3) is 2.24. The largest absolute Gasteiger partial charge is 0.346 e. The number of ether oxygens (including phenoxy) is 4. The van der Waals surface area contributed by atoms with Crippen molar-refractivity contribution in [1.82, 2.24) is 0 Å². The maximum atomic E-state index is 14.7. The number of allylic oxidation sites excluding steroid dienone is 1. The van der Waals surface area contributed by atoms with Crippen LogP contribution in [0.2, 0.25) is 0 Å². The summed E-state index contributed by atoms with van der Waals surface area (Å²) in [4.78, 5) is 14.7. The molecule has 6 rings (SSSR count). The molecule has 4 fully saturated rings. The van der Waals surface area contributed by atoms with Gasteiger partial charge in [-0.3, -0.25) is 4.79 Å². The Balaban J connectivity index is 1.64. The van der Waals surface area contributed by atoms with E-state index in [2.05, 4.69) is 39.8 Å². The van der Waals surface area contributed by atoms with Crippen LogP contribution in [-0.4, -0.2) is 41.8 Å². The van der Waals surface area contributed by atoms with Gasteiger partial charge in [-0.05, 0) is 75.4 Å². The summed E-state index contributed by atoms with van der Waals surface area (Å²) in [7, 11) is 0. The summed E-state index contributed by atoms with van der Waals surface area (Å²) >= 11 is 0. The highest BCUT2D eigenvalue weighted by molar-refractivity contribution is 5.95. The lowest BCUT2D eigenvalue weighted by Gasteiger charge is -2.53. The minimum absolute atomic E-state index is 0.134. The van der Waals surface area contributed by atoms with E-state index in [0.717, 1.165) is 17.6 Å². The van der Waals surface area contributed by atoms with Gasteiger partial charge in [-0.2, -0.15) is 0 Å². The van der Waals surface area contributed by atoms with E-state index < -0.39 is 22.6 Å². The van der Waals surface area contributed by atoms with Crippen molar-refractivity contribution >= 4 is 5.78 Å². The fourth-order valence-electron chi connectivity index (χ4n) is 8.17. The number of ketones is 1. The highest BCUT2D eigenvalue weighted by atomic mass is 16.8. The molecule has 0 aromatic rings. The Morgan fingerprint density at radius 2 is 1.68 bits per heavy atom. The van der Waals surface area contributed by atoms with Gasteiger partial charge in [-0.15, -0.1) is 0 Å². The summed E-state index contributed by atoms with van der Waals surface area (Å²) in [6.07, 6.45) is 4.76. The van der Waals surface area contributed by atoms with E-state index in [1.165, 1.54) is 0 Å². The molecule has 0 aromatic heterocycles. The predicted molar refractivity (Wildman–Crippen MR) is 115 cm³/mol. The molecular formula is C26H36O5. The lowest BCUT2D eigenvalue weighted by molar-refractivity contribution is -0.304. The van der Waals surface area contributed by atoms with Crippen molar-refractivity contribution in [3.8, 4) is 0 Å². The van der Waals surface area contributed by atoms with Crippen molar-refractivity contribution in [2.75, 3.05) is 6.61 Å². The molecule has 2 spiro atoms. The van der Waals surface area contributed by atoms with Crippen LogP contribution in [0.3, 0.4) is 0 Å². The van der Waals surface area contributed by atoms with Crippen LogP contribution in [0.4, 0.5) is 0 Å². The van der Waals surface area contributed by atoms with Gasteiger partial charge in [-0.1, -0.05) is 32.9 Å². The molecule has 4 aliphatic carbocycles. The summed E-state index contributed by atoms with van der Waals surface area (Å²) in [6, 6.07) is 0. The predicted octanol–water partition coefficient (Wildman–Crippen LogP) is 4.41. The molecule has 5 nitrogen and oxygen atoms in total. The molecule has 2 heterocycles. The normalized spacial score (nSPS) is 52.6. The van der Waals surface area contributed by atoms with Crippen LogP contribution in [0.25, 0.3) is 0 Å².